The van der Waals surface area contributed by atoms with Gasteiger partial charge in [-0.2, -0.15) is 0 Å². The van der Waals surface area contributed by atoms with Crippen LogP contribution in [0.15, 0.2) is 0 Å². The second-order valence-corrected chi connectivity index (χ2v) is 17.4. The topological polar surface area (TPSA) is 155 Å². The molecule has 0 radical (unpaired) electrons. The minimum absolute atomic E-state index is 0.0201. The molecule has 0 amide bonds. The Morgan fingerprint density at radius 1 is 0.443 bits per heavy atom. The first-order valence-corrected chi connectivity index (χ1v) is 24.8. The Hall–Kier alpha value is -2.73. The molecule has 1 rings (SSSR count). The first kappa shape index (κ1) is 56.3. The van der Waals surface area contributed by atoms with Crippen molar-refractivity contribution in [3.05, 3.63) is 0 Å². The van der Waals surface area contributed by atoms with Gasteiger partial charge in [-0.25, -0.2) is 0 Å². The number of hydrogen-bond donors (Lipinski definition) is 1. The van der Waals surface area contributed by atoms with Crippen molar-refractivity contribution >= 4 is 29.8 Å². The summed E-state index contributed by atoms with van der Waals surface area (Å²) in [4.78, 5) is 65.4. The highest BCUT2D eigenvalue weighted by Gasteiger charge is 2.24. The van der Waals surface area contributed by atoms with Crippen molar-refractivity contribution in [2.24, 2.45) is 11.8 Å². The Kier molecular flexibility index (Phi) is 37.0. The second-order valence-electron chi connectivity index (χ2n) is 17.4. The van der Waals surface area contributed by atoms with Crippen LogP contribution in [0.25, 0.3) is 0 Å². The highest BCUT2D eigenvalue weighted by Crippen LogP contribution is 2.25. The number of hydrogen-bond acceptors (Lipinski definition) is 12. The Bertz CT molecular complexity index is 1080. The molecule has 0 bridgehead atoms. The van der Waals surface area contributed by atoms with Crippen LogP contribution in [0, 0.1) is 11.8 Å². The zero-order valence-corrected chi connectivity index (χ0v) is 39.1. The van der Waals surface area contributed by atoms with Gasteiger partial charge in [-0.3, -0.25) is 28.9 Å². The van der Waals surface area contributed by atoms with Crippen LogP contribution in [0.5, 0.6) is 0 Å². The summed E-state index contributed by atoms with van der Waals surface area (Å²) in [7, 11) is 0. The number of esters is 5. The van der Waals surface area contributed by atoms with Crippen LogP contribution in [0.2, 0.25) is 0 Å². The van der Waals surface area contributed by atoms with E-state index in [1.165, 1.54) is 44.9 Å². The summed E-state index contributed by atoms with van der Waals surface area (Å²) < 4.78 is 27.9. The van der Waals surface area contributed by atoms with Crippen LogP contribution in [-0.4, -0.2) is 98.6 Å². The van der Waals surface area contributed by atoms with Crippen molar-refractivity contribution in [3.63, 3.8) is 0 Å². The third-order valence-corrected chi connectivity index (χ3v) is 11.7. The Morgan fingerprint density at radius 3 is 1.11 bits per heavy atom. The Balaban J connectivity index is 2.63. The molecule has 12 heteroatoms. The average molecular weight is 868 g/mol. The van der Waals surface area contributed by atoms with Gasteiger partial charge in [-0.15, -0.1) is 0 Å². The molecule has 12 nitrogen and oxygen atoms in total. The van der Waals surface area contributed by atoms with Crippen molar-refractivity contribution in [1.82, 2.24) is 4.90 Å². The number of rotatable bonds is 43. The van der Waals surface area contributed by atoms with Crippen LogP contribution >= 0.6 is 0 Å². The molecule has 0 aromatic carbocycles. The molecule has 1 aliphatic carbocycles. The fraction of sp³-hybridized carbons (Fsp3) is 0.898. The summed E-state index contributed by atoms with van der Waals surface area (Å²) in [5, 5.41) is 9.42. The number of ether oxygens (including phenoxy) is 5. The number of aliphatic hydroxyl groups excluding tert-OH is 1. The first-order valence-electron chi connectivity index (χ1n) is 24.8. The zero-order chi connectivity index (χ0) is 44.6. The molecule has 1 unspecified atom stereocenters. The van der Waals surface area contributed by atoms with E-state index >= 15 is 0 Å². The lowest BCUT2D eigenvalue weighted by atomic mass is 9.91. The fourth-order valence-electron chi connectivity index (χ4n) is 7.40. The maximum Gasteiger partial charge on any atom is 0.305 e. The molecule has 1 N–H and O–H groups in total. The van der Waals surface area contributed by atoms with Gasteiger partial charge in [0.2, 0.25) is 0 Å². The molecular formula is C49H89NO11. The van der Waals surface area contributed by atoms with E-state index in [-0.39, 0.29) is 82.3 Å². The van der Waals surface area contributed by atoms with Gasteiger partial charge in [-0.1, -0.05) is 124 Å². The highest BCUT2D eigenvalue weighted by molar-refractivity contribution is 5.71. The van der Waals surface area contributed by atoms with Crippen LogP contribution < -0.4 is 0 Å². The number of nitrogens with zero attached hydrogens (tertiary/aromatic N) is 1. The van der Waals surface area contributed by atoms with Gasteiger partial charge in [0, 0.05) is 50.6 Å². The van der Waals surface area contributed by atoms with Gasteiger partial charge in [0.25, 0.3) is 0 Å². The van der Waals surface area contributed by atoms with E-state index in [0.717, 1.165) is 103 Å². The largest absolute Gasteiger partial charge is 0.465 e. The van der Waals surface area contributed by atoms with Crippen LogP contribution in [0.1, 0.15) is 213 Å². The summed E-state index contributed by atoms with van der Waals surface area (Å²) in [6.07, 6.45) is 26.5. The monoisotopic (exact) mass is 868 g/mol. The average Bonchev–Trinajstić information content (AvgIpc) is 3.22. The third-order valence-electron chi connectivity index (χ3n) is 11.7. The number of aliphatic hydroxyl groups is 1. The molecule has 0 spiro atoms. The minimum Gasteiger partial charge on any atom is -0.465 e. The van der Waals surface area contributed by atoms with E-state index in [2.05, 4.69) is 25.7 Å². The molecule has 0 heterocycles. The van der Waals surface area contributed by atoms with E-state index < -0.39 is 11.9 Å². The van der Waals surface area contributed by atoms with E-state index in [4.69, 9.17) is 23.7 Å². The van der Waals surface area contributed by atoms with E-state index in [9.17, 15) is 29.1 Å². The third kappa shape index (κ3) is 33.5. The molecule has 1 saturated carbocycles. The molecule has 0 aliphatic heterocycles. The SMILES string of the molecule is CCCCCCCCCC(=O)OCC(COC(=O)CCCCCN(CCO)C1CCC1)COC(=O)CCCC(COC(=O)CCCCCCC)COC(=O)CCCCCCC. The van der Waals surface area contributed by atoms with Gasteiger partial charge < -0.3 is 28.8 Å². The molecule has 0 saturated heterocycles. The lowest BCUT2D eigenvalue weighted by molar-refractivity contribution is -0.155. The van der Waals surface area contributed by atoms with Crippen molar-refractivity contribution < 1.29 is 52.8 Å². The van der Waals surface area contributed by atoms with Crippen molar-refractivity contribution in [3.8, 4) is 0 Å². The Labute approximate surface area is 370 Å². The number of unbranched alkanes of at least 4 members (excludes halogenated alkanes) is 16. The van der Waals surface area contributed by atoms with Gasteiger partial charge in [-0.05, 0) is 64.3 Å². The van der Waals surface area contributed by atoms with Crippen LogP contribution in [0.4, 0.5) is 0 Å². The normalized spacial score (nSPS) is 13.2. The standard InChI is InChI=1S/C49H89NO11/c1-4-7-10-13-14-17-21-31-47(54)59-39-43(40-60-48(55)32-22-18-23-34-50(35-36-51)44-27-25-28-44)41-61-49(56)33-24-26-42(37-57-45(52)29-19-15-11-8-5-2)38-58-46(53)30-20-16-12-9-6-3/h42-44,51H,4-41H2,1-3H3. The number of carbonyl (C=O) groups is 5. The molecule has 0 aromatic rings. The molecule has 0 aromatic heterocycles. The van der Waals surface area contributed by atoms with Gasteiger partial charge in [0.15, 0.2) is 0 Å². The Morgan fingerprint density at radius 2 is 0.770 bits per heavy atom. The second kappa shape index (κ2) is 40.1. The van der Waals surface area contributed by atoms with E-state index in [1.54, 1.807) is 0 Å². The molecule has 1 aliphatic rings. The lowest BCUT2D eigenvalue weighted by Crippen LogP contribution is -2.42. The van der Waals surface area contributed by atoms with Crippen molar-refractivity contribution in [1.29, 1.82) is 0 Å². The smallest absolute Gasteiger partial charge is 0.305 e. The van der Waals surface area contributed by atoms with Crippen LogP contribution in [0.3, 0.4) is 0 Å². The van der Waals surface area contributed by atoms with Gasteiger partial charge >= 0.3 is 29.8 Å². The summed E-state index contributed by atoms with van der Waals surface area (Å²) in [5.74, 6) is -2.35. The summed E-state index contributed by atoms with van der Waals surface area (Å²) in [6.45, 7) is 8.38. The maximum absolute atomic E-state index is 12.9. The molecule has 1 fully saturated rings. The van der Waals surface area contributed by atoms with E-state index in [1.807, 2.05) is 0 Å². The number of carbonyl (C=O) groups excluding carboxylic acids is 5. The van der Waals surface area contributed by atoms with Gasteiger partial charge in [0.1, 0.15) is 19.8 Å². The molecule has 1 atom stereocenters. The maximum atomic E-state index is 12.9. The predicted octanol–water partition coefficient (Wildman–Crippen LogP) is 10.4. The lowest BCUT2D eigenvalue weighted by Gasteiger charge is -2.37. The quantitative estimate of drug-likeness (QED) is 0.0352. The molecular weight excluding hydrogens is 779 g/mol. The highest BCUT2D eigenvalue weighted by atomic mass is 16.6. The van der Waals surface area contributed by atoms with E-state index in [0.29, 0.717) is 51.1 Å². The molecule has 356 valence electrons. The summed E-state index contributed by atoms with van der Waals surface area (Å²) in [5.41, 5.74) is 0. The fourth-order valence-corrected chi connectivity index (χ4v) is 7.40. The van der Waals surface area contributed by atoms with Crippen molar-refractivity contribution in [2.45, 2.75) is 219 Å². The van der Waals surface area contributed by atoms with Crippen LogP contribution in [-0.2, 0) is 47.7 Å². The van der Waals surface area contributed by atoms with Gasteiger partial charge in [0.05, 0.1) is 25.7 Å². The minimum atomic E-state index is -0.504. The van der Waals surface area contributed by atoms with Crippen molar-refractivity contribution in [2.75, 3.05) is 52.7 Å². The summed E-state index contributed by atoms with van der Waals surface area (Å²) in [6, 6.07) is 0.571. The first-order chi connectivity index (χ1) is 29.7. The zero-order valence-electron chi connectivity index (χ0n) is 39.1. The predicted molar refractivity (Wildman–Crippen MR) is 240 cm³/mol. The molecule has 61 heavy (non-hydrogen) atoms. The summed E-state index contributed by atoms with van der Waals surface area (Å²) >= 11 is 0.